The van der Waals surface area contributed by atoms with Gasteiger partial charge in [0.25, 0.3) is 0 Å². The van der Waals surface area contributed by atoms with Gasteiger partial charge in [0.05, 0.1) is 13.2 Å². The van der Waals surface area contributed by atoms with Gasteiger partial charge in [0, 0.05) is 10.0 Å². The first-order valence-corrected chi connectivity index (χ1v) is 7.71. The Bertz CT molecular complexity index is 558. The molecule has 1 aliphatic heterocycles. The van der Waals surface area contributed by atoms with Crippen molar-refractivity contribution in [1.29, 1.82) is 0 Å². The highest BCUT2D eigenvalue weighted by Crippen LogP contribution is 2.29. The van der Waals surface area contributed by atoms with Crippen molar-refractivity contribution in [2.24, 2.45) is 0 Å². The maximum absolute atomic E-state index is 12.0. The number of halogens is 2. The molecular weight excluding hydrogens is 329 g/mol. The summed E-state index contributed by atoms with van der Waals surface area (Å²) < 4.78 is 10.5. The van der Waals surface area contributed by atoms with Gasteiger partial charge >= 0.3 is 5.97 Å². The fourth-order valence-corrected chi connectivity index (χ4v) is 2.86. The molecule has 1 aromatic rings. The van der Waals surface area contributed by atoms with Crippen molar-refractivity contribution in [2.75, 3.05) is 19.8 Å². The molecule has 0 aliphatic carbocycles. The maximum Gasteiger partial charge on any atom is 0.328 e. The number of nitrogens with zero attached hydrogens (tertiary/aromatic N) is 1. The Labute approximate surface area is 139 Å². The summed E-state index contributed by atoms with van der Waals surface area (Å²) in [6.07, 6.45) is -0.384. The molecule has 0 aromatic heterocycles. The van der Waals surface area contributed by atoms with E-state index in [0.29, 0.717) is 10.0 Å². The van der Waals surface area contributed by atoms with Crippen LogP contribution >= 0.6 is 23.2 Å². The van der Waals surface area contributed by atoms with Crippen molar-refractivity contribution in [3.63, 3.8) is 0 Å². The van der Waals surface area contributed by atoms with E-state index in [1.54, 1.807) is 32.0 Å². The molecule has 2 unspecified atom stereocenters. The van der Waals surface area contributed by atoms with Crippen LogP contribution in [0.5, 0.6) is 0 Å². The number of carbonyl (C=O) groups is 2. The van der Waals surface area contributed by atoms with Crippen molar-refractivity contribution in [1.82, 2.24) is 4.90 Å². The number of esters is 1. The lowest BCUT2D eigenvalue weighted by Gasteiger charge is -2.35. The Morgan fingerprint density at radius 1 is 1.41 bits per heavy atom. The molecule has 0 saturated carbocycles. The second-order valence-corrected chi connectivity index (χ2v) is 5.85. The lowest BCUT2D eigenvalue weighted by Crippen LogP contribution is -2.51. The van der Waals surface area contributed by atoms with Crippen LogP contribution in [0.4, 0.5) is 0 Å². The van der Waals surface area contributed by atoms with E-state index in [1.165, 1.54) is 4.90 Å². The van der Waals surface area contributed by atoms with Crippen LogP contribution < -0.4 is 0 Å². The lowest BCUT2D eigenvalue weighted by molar-refractivity contribution is -0.164. The molecule has 2 rings (SSSR count). The van der Waals surface area contributed by atoms with Crippen LogP contribution in [0, 0.1) is 0 Å². The first-order chi connectivity index (χ1) is 10.4. The summed E-state index contributed by atoms with van der Waals surface area (Å²) >= 11 is 12.0. The predicted octanol–water partition coefficient (Wildman–Crippen LogP) is 2.84. The molecule has 22 heavy (non-hydrogen) atoms. The average molecular weight is 346 g/mol. The van der Waals surface area contributed by atoms with Gasteiger partial charge in [-0.2, -0.15) is 0 Å². The third-order valence-electron chi connectivity index (χ3n) is 3.44. The number of benzene rings is 1. The molecule has 1 aromatic carbocycles. The predicted molar refractivity (Wildman–Crippen MR) is 83.0 cm³/mol. The van der Waals surface area contributed by atoms with Gasteiger partial charge in [0.15, 0.2) is 0 Å². The first-order valence-electron chi connectivity index (χ1n) is 6.96. The number of amides is 1. The quantitative estimate of drug-likeness (QED) is 0.787. The molecule has 0 bridgehead atoms. The number of ether oxygens (including phenoxy) is 2. The van der Waals surface area contributed by atoms with E-state index in [0.717, 1.165) is 5.56 Å². The van der Waals surface area contributed by atoms with Crippen molar-refractivity contribution in [3.05, 3.63) is 33.8 Å². The molecule has 1 amide bonds. The van der Waals surface area contributed by atoms with Crippen LogP contribution in [0.1, 0.15) is 25.5 Å². The van der Waals surface area contributed by atoms with E-state index in [4.69, 9.17) is 32.7 Å². The van der Waals surface area contributed by atoms with Gasteiger partial charge in [-0.25, -0.2) is 4.79 Å². The smallest absolute Gasteiger partial charge is 0.328 e. The molecular formula is C15H17Cl2NO4. The second-order valence-electron chi connectivity index (χ2n) is 4.98. The molecule has 2 atom stereocenters. The van der Waals surface area contributed by atoms with E-state index in [1.807, 2.05) is 0 Å². The fraction of sp³-hybridized carbons (Fsp3) is 0.467. The summed E-state index contributed by atoms with van der Waals surface area (Å²) in [7, 11) is 0. The molecule has 7 heteroatoms. The third-order valence-corrected chi connectivity index (χ3v) is 3.88. The molecule has 0 spiro atoms. The Hall–Kier alpha value is -1.30. The van der Waals surface area contributed by atoms with Gasteiger partial charge in [-0.1, -0.05) is 23.2 Å². The summed E-state index contributed by atoms with van der Waals surface area (Å²) in [6.45, 7) is 3.79. The maximum atomic E-state index is 12.0. The SMILES string of the molecule is CCOC(=O)C(C)N1CC(c2cc(Cl)cc(Cl)c2)OCC1=O. The molecule has 1 aliphatic rings. The number of carbonyl (C=O) groups excluding carboxylic acids is 2. The van der Waals surface area contributed by atoms with E-state index in [-0.39, 0.29) is 31.8 Å². The fourth-order valence-electron chi connectivity index (χ4n) is 2.31. The number of morpholine rings is 1. The largest absolute Gasteiger partial charge is 0.464 e. The van der Waals surface area contributed by atoms with Crippen molar-refractivity contribution in [3.8, 4) is 0 Å². The van der Waals surface area contributed by atoms with Gasteiger partial charge in [-0.3, -0.25) is 4.79 Å². The molecule has 120 valence electrons. The highest BCUT2D eigenvalue weighted by atomic mass is 35.5. The van der Waals surface area contributed by atoms with Gasteiger partial charge < -0.3 is 14.4 Å². The molecule has 1 heterocycles. The topological polar surface area (TPSA) is 55.8 Å². The number of rotatable bonds is 4. The van der Waals surface area contributed by atoms with Gasteiger partial charge in [-0.15, -0.1) is 0 Å². The molecule has 1 saturated heterocycles. The van der Waals surface area contributed by atoms with E-state index < -0.39 is 12.0 Å². The number of hydrogen-bond acceptors (Lipinski definition) is 4. The van der Waals surface area contributed by atoms with Crippen LogP contribution in [0.25, 0.3) is 0 Å². The van der Waals surface area contributed by atoms with Crippen LogP contribution in [0.3, 0.4) is 0 Å². The van der Waals surface area contributed by atoms with Crippen molar-refractivity contribution >= 4 is 35.1 Å². The average Bonchev–Trinajstić information content (AvgIpc) is 2.46. The summed E-state index contributed by atoms with van der Waals surface area (Å²) in [5.74, 6) is -0.675. The first kappa shape index (κ1) is 17.1. The summed E-state index contributed by atoms with van der Waals surface area (Å²) in [5.41, 5.74) is 0.769. The minimum Gasteiger partial charge on any atom is -0.464 e. The van der Waals surface area contributed by atoms with Gasteiger partial charge in [-0.05, 0) is 37.6 Å². The number of hydrogen-bond donors (Lipinski definition) is 0. The second kappa shape index (κ2) is 7.31. The Balaban J connectivity index is 2.16. The summed E-state index contributed by atoms with van der Waals surface area (Å²) in [4.78, 5) is 25.3. The highest BCUT2D eigenvalue weighted by Gasteiger charge is 2.34. The van der Waals surface area contributed by atoms with E-state index in [2.05, 4.69) is 0 Å². The molecule has 0 N–H and O–H groups in total. The minimum absolute atomic E-state index is 0.0987. The molecule has 5 nitrogen and oxygen atoms in total. The normalized spacial score (nSPS) is 19.9. The summed E-state index contributed by atoms with van der Waals surface area (Å²) in [6, 6.07) is 4.44. The lowest BCUT2D eigenvalue weighted by atomic mass is 10.1. The van der Waals surface area contributed by atoms with Gasteiger partial charge in [0.1, 0.15) is 18.8 Å². The van der Waals surface area contributed by atoms with E-state index >= 15 is 0 Å². The Kier molecular flexibility index (Phi) is 5.67. The van der Waals surface area contributed by atoms with Crippen LogP contribution in [0.2, 0.25) is 10.0 Å². The summed E-state index contributed by atoms with van der Waals surface area (Å²) in [5, 5.41) is 0.987. The van der Waals surface area contributed by atoms with Crippen molar-refractivity contribution in [2.45, 2.75) is 26.0 Å². The third kappa shape index (κ3) is 3.91. The van der Waals surface area contributed by atoms with Crippen LogP contribution in [-0.4, -0.2) is 42.6 Å². The van der Waals surface area contributed by atoms with E-state index in [9.17, 15) is 9.59 Å². The zero-order valence-electron chi connectivity index (χ0n) is 12.3. The molecule has 1 fully saturated rings. The van der Waals surface area contributed by atoms with Crippen LogP contribution in [-0.2, 0) is 19.1 Å². The van der Waals surface area contributed by atoms with Gasteiger partial charge in [0.2, 0.25) is 5.91 Å². The Morgan fingerprint density at radius 2 is 2.05 bits per heavy atom. The van der Waals surface area contributed by atoms with Crippen molar-refractivity contribution < 1.29 is 19.1 Å². The standard InChI is InChI=1S/C15H17Cl2NO4/c1-3-21-15(20)9(2)18-7-13(22-8-14(18)19)10-4-11(16)6-12(17)5-10/h4-6,9,13H,3,7-8H2,1-2H3. The minimum atomic E-state index is -0.659. The highest BCUT2D eigenvalue weighted by molar-refractivity contribution is 6.34. The van der Waals surface area contributed by atoms with Crippen LogP contribution in [0.15, 0.2) is 18.2 Å². The zero-order valence-corrected chi connectivity index (χ0v) is 13.9. The molecule has 0 radical (unpaired) electrons. The Morgan fingerprint density at radius 3 is 2.64 bits per heavy atom. The zero-order chi connectivity index (χ0) is 16.3. The monoisotopic (exact) mass is 345 g/mol.